The molecule has 1 rings (SSSR count). The van der Waals surface area contributed by atoms with Crippen molar-refractivity contribution in [2.24, 2.45) is 0 Å². The van der Waals surface area contributed by atoms with Crippen molar-refractivity contribution in [2.75, 3.05) is 0 Å². The number of nitriles is 1. The van der Waals surface area contributed by atoms with Crippen LogP contribution in [0.2, 0.25) is 0 Å². The number of hydrogen-bond acceptors (Lipinski definition) is 4. The molecule has 0 saturated carbocycles. The number of carboxylic acid groups (broad SMARTS) is 1. The first kappa shape index (κ1) is 16.5. The number of carboxylic acids is 1. The molecule has 15 heavy (non-hydrogen) atoms. The van der Waals surface area contributed by atoms with E-state index in [2.05, 4.69) is 0 Å². The summed E-state index contributed by atoms with van der Waals surface area (Å²) in [6.07, 6.45) is 0. The van der Waals surface area contributed by atoms with Gasteiger partial charge in [0, 0.05) is 5.56 Å². The third-order valence-corrected chi connectivity index (χ3v) is 1.44. The number of benzene rings is 1. The summed E-state index contributed by atoms with van der Waals surface area (Å²) >= 11 is 0. The largest absolute Gasteiger partial charge is 1.00 e. The standard InChI is InChI=1S/C8H4FNO3.2Li/c9-6-2-1-4(8(12)13)5(3-10)7(6)11;;/h1-2,11H,(H,12,13);;/q;2*+1/p-2. The number of rotatable bonds is 1. The van der Waals surface area contributed by atoms with Crippen molar-refractivity contribution in [1.29, 1.82) is 5.26 Å². The van der Waals surface area contributed by atoms with E-state index >= 15 is 0 Å². The molecule has 1 aromatic carbocycles. The molecule has 7 heteroatoms. The van der Waals surface area contributed by atoms with Gasteiger partial charge in [-0.3, -0.25) is 0 Å². The van der Waals surface area contributed by atoms with Gasteiger partial charge in [-0.2, -0.15) is 5.26 Å². The Morgan fingerprint density at radius 2 is 1.93 bits per heavy atom. The summed E-state index contributed by atoms with van der Waals surface area (Å²) < 4.78 is 12.5. The summed E-state index contributed by atoms with van der Waals surface area (Å²) in [5.41, 5.74) is -1.33. The fraction of sp³-hybridized carbons (Fsp3) is 0. The van der Waals surface area contributed by atoms with Gasteiger partial charge in [0.15, 0.2) is 0 Å². The second-order valence-electron chi connectivity index (χ2n) is 2.20. The molecule has 0 heterocycles. The zero-order valence-electron chi connectivity index (χ0n) is 8.20. The van der Waals surface area contributed by atoms with Gasteiger partial charge in [-0.15, -0.1) is 0 Å². The van der Waals surface area contributed by atoms with Crippen LogP contribution in [0.5, 0.6) is 5.75 Å². The van der Waals surface area contributed by atoms with E-state index in [0.717, 1.165) is 6.07 Å². The van der Waals surface area contributed by atoms with Crippen LogP contribution in [-0.4, -0.2) is 5.97 Å². The van der Waals surface area contributed by atoms with E-state index in [0.29, 0.717) is 6.07 Å². The molecule has 0 aromatic heterocycles. The van der Waals surface area contributed by atoms with Crippen LogP contribution in [0.25, 0.3) is 0 Å². The molecule has 4 nitrogen and oxygen atoms in total. The van der Waals surface area contributed by atoms with Gasteiger partial charge in [-0.25, -0.2) is 4.39 Å². The SMILES string of the molecule is N#Cc1c(C(=O)[O-])ccc(F)c1[O-].[Li+].[Li+]. The summed E-state index contributed by atoms with van der Waals surface area (Å²) in [6.45, 7) is 0. The Balaban J connectivity index is 0. The fourth-order valence-corrected chi connectivity index (χ4v) is 0.838. The average molecular weight is 193 g/mol. The topological polar surface area (TPSA) is 87.0 Å². The van der Waals surface area contributed by atoms with E-state index in [1.54, 1.807) is 0 Å². The second-order valence-corrected chi connectivity index (χ2v) is 2.20. The average Bonchev–Trinajstić information content (AvgIpc) is 2.09. The van der Waals surface area contributed by atoms with Crippen LogP contribution in [0.1, 0.15) is 15.9 Å². The van der Waals surface area contributed by atoms with Gasteiger partial charge >= 0.3 is 37.7 Å². The van der Waals surface area contributed by atoms with Crippen LogP contribution >= 0.6 is 0 Å². The maximum atomic E-state index is 12.5. The molecular weight excluding hydrogens is 191 g/mol. The molecule has 1 aromatic rings. The minimum absolute atomic E-state index is 0. The smallest absolute Gasteiger partial charge is 0.870 e. The molecule has 0 N–H and O–H groups in total. The maximum Gasteiger partial charge on any atom is 1.00 e. The Morgan fingerprint density at radius 3 is 2.33 bits per heavy atom. The first-order valence-electron chi connectivity index (χ1n) is 3.19. The van der Waals surface area contributed by atoms with E-state index < -0.39 is 28.7 Å². The van der Waals surface area contributed by atoms with E-state index in [9.17, 15) is 19.4 Å². The molecule has 0 spiro atoms. The van der Waals surface area contributed by atoms with Crippen molar-refractivity contribution in [3.8, 4) is 11.8 Å². The van der Waals surface area contributed by atoms with Gasteiger partial charge in [-0.1, -0.05) is 5.75 Å². The van der Waals surface area contributed by atoms with Crippen molar-refractivity contribution in [2.45, 2.75) is 0 Å². The van der Waals surface area contributed by atoms with Gasteiger partial charge < -0.3 is 15.0 Å². The quantitative estimate of drug-likeness (QED) is 0.414. The number of hydrogen-bond donors (Lipinski definition) is 0. The van der Waals surface area contributed by atoms with Crippen molar-refractivity contribution < 1.29 is 57.1 Å². The van der Waals surface area contributed by atoms with Crippen LogP contribution in [0.4, 0.5) is 4.39 Å². The Labute approximate surface area is 109 Å². The monoisotopic (exact) mass is 193 g/mol. The van der Waals surface area contributed by atoms with E-state index in [1.165, 1.54) is 6.07 Å². The zero-order valence-corrected chi connectivity index (χ0v) is 8.20. The molecule has 0 saturated heterocycles. The fourth-order valence-electron chi connectivity index (χ4n) is 0.838. The minimum Gasteiger partial charge on any atom is -0.870 e. The molecule has 0 aliphatic rings. The van der Waals surface area contributed by atoms with E-state index in [-0.39, 0.29) is 37.7 Å². The molecule has 0 aliphatic heterocycles. The summed E-state index contributed by atoms with van der Waals surface area (Å²) in [4.78, 5) is 10.3. The molecule has 0 fully saturated rings. The van der Waals surface area contributed by atoms with Gasteiger partial charge in [0.2, 0.25) is 0 Å². The van der Waals surface area contributed by atoms with Gasteiger partial charge in [-0.05, 0) is 12.1 Å². The predicted molar refractivity (Wildman–Crippen MR) is 34.9 cm³/mol. The molecule has 0 bridgehead atoms. The molecule has 0 atom stereocenters. The van der Waals surface area contributed by atoms with Crippen molar-refractivity contribution in [1.82, 2.24) is 0 Å². The second kappa shape index (κ2) is 6.56. The normalized spacial score (nSPS) is 8.00. The van der Waals surface area contributed by atoms with E-state index in [1.807, 2.05) is 0 Å². The number of carbonyl (C=O) groups excluding carboxylic acids is 1. The third kappa shape index (κ3) is 3.31. The molecule has 0 radical (unpaired) electrons. The molecule has 0 aliphatic carbocycles. The molecule has 0 amide bonds. The summed E-state index contributed by atoms with van der Waals surface area (Å²) in [7, 11) is 0. The van der Waals surface area contributed by atoms with Gasteiger partial charge in [0.05, 0.1) is 17.6 Å². The Bertz CT molecular complexity index is 417. The first-order chi connectivity index (χ1) is 6.07. The zero-order chi connectivity index (χ0) is 10.0. The number of halogens is 1. The summed E-state index contributed by atoms with van der Waals surface area (Å²) in [6, 6.07) is 2.83. The van der Waals surface area contributed by atoms with Gasteiger partial charge in [0.1, 0.15) is 5.82 Å². The molecule has 66 valence electrons. The third-order valence-electron chi connectivity index (χ3n) is 1.44. The van der Waals surface area contributed by atoms with Crippen molar-refractivity contribution in [3.63, 3.8) is 0 Å². The van der Waals surface area contributed by atoms with E-state index in [4.69, 9.17) is 5.26 Å². The van der Waals surface area contributed by atoms with Crippen molar-refractivity contribution in [3.05, 3.63) is 29.1 Å². The van der Waals surface area contributed by atoms with Crippen LogP contribution in [0, 0.1) is 17.1 Å². The number of carbonyl (C=O) groups is 1. The number of aromatic carboxylic acids is 1. The van der Waals surface area contributed by atoms with Crippen LogP contribution < -0.4 is 47.9 Å². The predicted octanol–water partition coefficient (Wildman–Crippen LogP) is -6.86. The Morgan fingerprint density at radius 1 is 1.40 bits per heavy atom. The van der Waals surface area contributed by atoms with Crippen LogP contribution in [0.3, 0.4) is 0 Å². The minimum atomic E-state index is -1.67. The van der Waals surface area contributed by atoms with Crippen LogP contribution in [0.15, 0.2) is 12.1 Å². The van der Waals surface area contributed by atoms with Gasteiger partial charge in [0.25, 0.3) is 0 Å². The maximum absolute atomic E-state index is 12.5. The molecule has 0 unspecified atom stereocenters. The summed E-state index contributed by atoms with van der Waals surface area (Å²) in [5, 5.41) is 29.5. The first-order valence-corrected chi connectivity index (χ1v) is 3.19. The molecular formula is C8H2FLi2NO3. The number of nitrogens with zero attached hydrogens (tertiary/aromatic N) is 1. The van der Waals surface area contributed by atoms with Crippen LogP contribution in [-0.2, 0) is 0 Å². The Hall–Kier alpha value is -0.895. The van der Waals surface area contributed by atoms with Crippen molar-refractivity contribution >= 4 is 5.97 Å². The Kier molecular flexibility index (Phi) is 7.23. The summed E-state index contributed by atoms with van der Waals surface area (Å²) in [5.74, 6) is -4.04.